The predicted octanol–water partition coefficient (Wildman–Crippen LogP) is 0.979. The topological polar surface area (TPSA) is 98.3 Å². The first-order chi connectivity index (χ1) is 8.64. The molecule has 0 fully saturated rings. The van der Waals surface area contributed by atoms with E-state index in [1.165, 1.54) is 11.6 Å². The molecule has 0 saturated carbocycles. The van der Waals surface area contributed by atoms with Crippen LogP contribution in [0.25, 0.3) is 0 Å². The molecule has 19 heavy (non-hydrogen) atoms. The first kappa shape index (κ1) is 15.9. The van der Waals surface area contributed by atoms with Crippen molar-refractivity contribution in [2.75, 3.05) is 20.6 Å². The van der Waals surface area contributed by atoms with Crippen molar-refractivity contribution in [3.8, 4) is 0 Å². The largest absolute Gasteiger partial charge is 0.410 e. The second kappa shape index (κ2) is 5.85. The van der Waals surface area contributed by atoms with E-state index in [2.05, 4.69) is 5.10 Å². The number of nitrogens with zero attached hydrogens (tertiary/aromatic N) is 4. The van der Waals surface area contributed by atoms with Crippen molar-refractivity contribution in [1.82, 2.24) is 14.7 Å². The average Bonchev–Trinajstić information content (AvgIpc) is 2.55. The minimum atomic E-state index is -4.19. The second-order valence-electron chi connectivity index (χ2n) is 4.31. The third kappa shape index (κ3) is 3.88. The lowest BCUT2D eigenvalue weighted by molar-refractivity contribution is -0.392. The molecule has 108 valence electrons. The highest BCUT2D eigenvalue weighted by molar-refractivity contribution is 8.13. The van der Waals surface area contributed by atoms with Gasteiger partial charge in [0, 0.05) is 10.7 Å². The molecule has 0 radical (unpaired) electrons. The summed E-state index contributed by atoms with van der Waals surface area (Å²) in [7, 11) is 4.82. The number of aromatic nitrogens is 2. The zero-order chi connectivity index (χ0) is 14.8. The third-order valence-electron chi connectivity index (χ3n) is 2.53. The summed E-state index contributed by atoms with van der Waals surface area (Å²) in [5, 5.41) is 14.5. The molecule has 0 aliphatic carbocycles. The summed E-state index contributed by atoms with van der Waals surface area (Å²) in [6, 6.07) is 0. The lowest BCUT2D eigenvalue weighted by Crippen LogP contribution is -2.16. The van der Waals surface area contributed by atoms with Crippen molar-refractivity contribution in [3.05, 3.63) is 15.8 Å². The van der Waals surface area contributed by atoms with Gasteiger partial charge in [-0.05, 0) is 38.9 Å². The quantitative estimate of drug-likeness (QED) is 0.441. The molecule has 0 amide bonds. The van der Waals surface area contributed by atoms with Crippen LogP contribution in [0.2, 0.25) is 0 Å². The molecule has 0 saturated heterocycles. The Hall–Kier alpha value is -1.19. The molecule has 0 unspecified atom stereocenters. The zero-order valence-electron chi connectivity index (χ0n) is 10.8. The summed E-state index contributed by atoms with van der Waals surface area (Å²) in [6.45, 7) is 2.60. The van der Waals surface area contributed by atoms with Crippen LogP contribution in [0, 0.1) is 17.0 Å². The summed E-state index contributed by atoms with van der Waals surface area (Å²) >= 11 is 0. The molecular formula is C9H15ClN4O4S. The fraction of sp³-hybridized carbons (Fsp3) is 0.667. The van der Waals surface area contributed by atoms with Crippen molar-refractivity contribution < 1.29 is 13.3 Å². The number of hydrogen-bond acceptors (Lipinski definition) is 6. The molecule has 1 aromatic heterocycles. The van der Waals surface area contributed by atoms with E-state index < -0.39 is 24.7 Å². The molecule has 0 N–H and O–H groups in total. The summed E-state index contributed by atoms with van der Waals surface area (Å²) in [5.74, 6) is -0.725. The average molecular weight is 311 g/mol. The zero-order valence-corrected chi connectivity index (χ0v) is 12.4. The molecule has 0 atom stereocenters. The Labute approximate surface area is 115 Å². The van der Waals surface area contributed by atoms with Gasteiger partial charge in [0.1, 0.15) is 0 Å². The first-order valence-corrected chi connectivity index (χ1v) is 7.76. The molecule has 0 bridgehead atoms. The molecule has 10 heteroatoms. The van der Waals surface area contributed by atoms with E-state index in [1.807, 2.05) is 19.0 Å². The standard InChI is InChI=1S/C9H15ClN4O4S/c1-7-8(19(10,17)18)9(14(15)16)11-13(7)6-4-5-12(2)3/h4-6H2,1-3H3. The van der Waals surface area contributed by atoms with Crippen LogP contribution in [0.15, 0.2) is 4.90 Å². The van der Waals surface area contributed by atoms with Crippen LogP contribution >= 0.6 is 10.7 Å². The van der Waals surface area contributed by atoms with Gasteiger partial charge in [0.15, 0.2) is 0 Å². The number of halogens is 1. The van der Waals surface area contributed by atoms with Crippen LogP contribution in [-0.4, -0.2) is 48.7 Å². The van der Waals surface area contributed by atoms with Crippen molar-refractivity contribution >= 4 is 25.6 Å². The molecule has 1 rings (SSSR count). The molecule has 1 aromatic rings. The first-order valence-electron chi connectivity index (χ1n) is 5.45. The summed E-state index contributed by atoms with van der Waals surface area (Å²) in [5.41, 5.74) is 0.181. The molecule has 0 aliphatic rings. The minimum Gasteiger partial charge on any atom is -0.358 e. The van der Waals surface area contributed by atoms with Crippen molar-refractivity contribution in [2.45, 2.75) is 24.8 Å². The van der Waals surface area contributed by atoms with Crippen LogP contribution in [0.5, 0.6) is 0 Å². The lowest BCUT2D eigenvalue weighted by Gasteiger charge is -2.08. The smallest absolute Gasteiger partial charge is 0.358 e. The van der Waals surface area contributed by atoms with E-state index >= 15 is 0 Å². The van der Waals surface area contributed by atoms with Crippen LogP contribution in [0.3, 0.4) is 0 Å². The van der Waals surface area contributed by atoms with Gasteiger partial charge in [-0.25, -0.2) is 8.42 Å². The maximum Gasteiger partial charge on any atom is 0.410 e. The maximum absolute atomic E-state index is 11.4. The molecule has 1 heterocycles. The van der Waals surface area contributed by atoms with Crippen LogP contribution in [0.1, 0.15) is 12.1 Å². The Morgan fingerprint density at radius 2 is 2.05 bits per heavy atom. The van der Waals surface area contributed by atoms with Gasteiger partial charge in [0.2, 0.25) is 4.90 Å². The predicted molar refractivity (Wildman–Crippen MR) is 69.8 cm³/mol. The Morgan fingerprint density at radius 1 is 1.47 bits per heavy atom. The summed E-state index contributed by atoms with van der Waals surface area (Å²) < 4.78 is 24.1. The molecule has 0 aromatic carbocycles. The summed E-state index contributed by atoms with van der Waals surface area (Å²) in [4.78, 5) is 11.4. The molecule has 0 spiro atoms. The van der Waals surface area contributed by atoms with Gasteiger partial charge in [0.05, 0.1) is 17.3 Å². The lowest BCUT2D eigenvalue weighted by atomic mass is 10.4. The van der Waals surface area contributed by atoms with E-state index in [-0.39, 0.29) is 5.69 Å². The molecule has 8 nitrogen and oxygen atoms in total. The van der Waals surface area contributed by atoms with Gasteiger partial charge in [-0.1, -0.05) is 0 Å². The van der Waals surface area contributed by atoms with Crippen molar-refractivity contribution in [3.63, 3.8) is 0 Å². The van der Waals surface area contributed by atoms with Crippen LogP contribution < -0.4 is 0 Å². The molecular weight excluding hydrogens is 296 g/mol. The van der Waals surface area contributed by atoms with Crippen LogP contribution in [-0.2, 0) is 15.6 Å². The molecule has 0 aliphatic heterocycles. The Kier molecular flexibility index (Phi) is 4.88. The number of aryl methyl sites for hydroxylation is 1. The van der Waals surface area contributed by atoms with E-state index in [1.54, 1.807) is 0 Å². The van der Waals surface area contributed by atoms with Gasteiger partial charge in [0.25, 0.3) is 9.05 Å². The van der Waals surface area contributed by atoms with Gasteiger partial charge < -0.3 is 15.0 Å². The Balaban J connectivity index is 3.12. The highest BCUT2D eigenvalue weighted by atomic mass is 35.7. The van der Waals surface area contributed by atoms with Gasteiger partial charge in [-0.15, -0.1) is 0 Å². The van der Waals surface area contributed by atoms with E-state index in [0.717, 1.165) is 6.54 Å². The highest BCUT2D eigenvalue weighted by Gasteiger charge is 2.33. The minimum absolute atomic E-state index is 0.181. The fourth-order valence-corrected chi connectivity index (χ4v) is 3.01. The number of rotatable bonds is 6. The Bertz CT molecular complexity index is 581. The number of nitro groups is 1. The second-order valence-corrected chi connectivity index (χ2v) is 6.82. The summed E-state index contributed by atoms with van der Waals surface area (Å²) in [6.07, 6.45) is 0.689. The van der Waals surface area contributed by atoms with E-state index in [0.29, 0.717) is 13.0 Å². The maximum atomic E-state index is 11.4. The van der Waals surface area contributed by atoms with E-state index in [4.69, 9.17) is 10.7 Å². The van der Waals surface area contributed by atoms with E-state index in [9.17, 15) is 18.5 Å². The monoisotopic (exact) mass is 310 g/mol. The number of hydrogen-bond donors (Lipinski definition) is 0. The van der Waals surface area contributed by atoms with Gasteiger partial charge in [-0.3, -0.25) is 0 Å². The van der Waals surface area contributed by atoms with Crippen molar-refractivity contribution in [1.29, 1.82) is 0 Å². The highest BCUT2D eigenvalue weighted by Crippen LogP contribution is 2.29. The SMILES string of the molecule is Cc1c(S(=O)(=O)Cl)c([N+](=O)[O-])nn1CCCN(C)C. The Morgan fingerprint density at radius 3 is 2.42 bits per heavy atom. The fourth-order valence-electron chi connectivity index (χ4n) is 1.67. The third-order valence-corrected chi connectivity index (χ3v) is 3.95. The van der Waals surface area contributed by atoms with Crippen molar-refractivity contribution in [2.24, 2.45) is 0 Å². The van der Waals surface area contributed by atoms with Gasteiger partial charge >= 0.3 is 5.82 Å². The normalized spacial score (nSPS) is 12.1. The van der Waals surface area contributed by atoms with Gasteiger partial charge in [-0.2, -0.15) is 4.68 Å². The van der Waals surface area contributed by atoms with Crippen LogP contribution in [0.4, 0.5) is 5.82 Å².